The molecule has 0 saturated heterocycles. The van der Waals surface area contributed by atoms with Crippen molar-refractivity contribution in [3.8, 4) is 0 Å². The molecule has 0 amide bonds. The fraction of sp³-hybridized carbons (Fsp3) is 0.462. The van der Waals surface area contributed by atoms with E-state index in [1.54, 1.807) is 6.07 Å². The van der Waals surface area contributed by atoms with Gasteiger partial charge in [0.2, 0.25) is 0 Å². The van der Waals surface area contributed by atoms with Gasteiger partial charge in [-0.3, -0.25) is 9.11 Å². The molecule has 3 nitrogen and oxygen atoms in total. The highest BCUT2D eigenvalue weighted by Crippen LogP contribution is 2.57. The van der Waals surface area contributed by atoms with Crippen molar-refractivity contribution in [2.45, 2.75) is 37.0 Å². The van der Waals surface area contributed by atoms with Gasteiger partial charge >= 0.3 is 0 Å². The molecule has 2 N–H and O–H groups in total. The van der Waals surface area contributed by atoms with Crippen LogP contribution in [0.1, 0.15) is 37.7 Å². The van der Waals surface area contributed by atoms with Gasteiger partial charge in [0.25, 0.3) is 0 Å². The zero-order valence-electron chi connectivity index (χ0n) is 9.59. The van der Waals surface area contributed by atoms with Crippen molar-refractivity contribution >= 4 is 16.5 Å². The van der Waals surface area contributed by atoms with E-state index in [0.29, 0.717) is 10.8 Å². The topological polar surface area (TPSA) is 52.8 Å². The summed E-state index contributed by atoms with van der Waals surface area (Å²) in [5.41, 5.74) is 1.84. The van der Waals surface area contributed by atoms with Crippen molar-refractivity contribution in [2.75, 3.05) is 0 Å². The average Bonchev–Trinajstić information content (AvgIpc) is 2.64. The highest BCUT2D eigenvalue weighted by molar-refractivity contribution is 8.23. The maximum Gasteiger partial charge on any atom is 0.0920 e. The number of rotatable bonds is 1. The number of nitrogens with zero attached hydrogens (tertiary/aromatic N) is 1. The lowest BCUT2D eigenvalue weighted by Crippen LogP contribution is -2.17. The number of hydrogen-bond acceptors (Lipinski definition) is 3. The van der Waals surface area contributed by atoms with Crippen LogP contribution in [0, 0.1) is 12.0 Å². The largest absolute Gasteiger partial charge is 0.276 e. The van der Waals surface area contributed by atoms with Crippen LogP contribution in [0.5, 0.6) is 0 Å². The number of benzene rings is 1. The van der Waals surface area contributed by atoms with Crippen LogP contribution in [-0.2, 0) is 0 Å². The Labute approximate surface area is 103 Å². The molecule has 1 aromatic carbocycles. The Kier molecular flexibility index (Phi) is 2.73. The summed E-state index contributed by atoms with van der Waals surface area (Å²) in [7, 11) is -2.95. The maximum absolute atomic E-state index is 9.98. The highest BCUT2D eigenvalue weighted by Gasteiger charge is 2.33. The zero-order valence-corrected chi connectivity index (χ0v) is 10.4. The van der Waals surface area contributed by atoms with Crippen molar-refractivity contribution in [1.82, 2.24) is 0 Å². The van der Waals surface area contributed by atoms with E-state index in [0.717, 1.165) is 24.1 Å². The lowest BCUT2D eigenvalue weighted by molar-refractivity contribution is 0.440. The van der Waals surface area contributed by atoms with Gasteiger partial charge in [-0.25, -0.2) is 0 Å². The van der Waals surface area contributed by atoms with Crippen molar-refractivity contribution < 1.29 is 9.11 Å². The molecular weight excluding hydrogens is 234 g/mol. The number of hydrogen-bond donors (Lipinski definition) is 2. The summed E-state index contributed by atoms with van der Waals surface area (Å²) in [6.07, 6.45) is 5.96. The Morgan fingerprint density at radius 1 is 1.24 bits per heavy atom. The summed E-state index contributed by atoms with van der Waals surface area (Å²) in [6.45, 7) is 0. The first-order valence-electron chi connectivity index (χ1n) is 6.07. The van der Waals surface area contributed by atoms with E-state index in [1.807, 2.05) is 12.1 Å². The van der Waals surface area contributed by atoms with Crippen LogP contribution in [0.2, 0.25) is 0 Å². The zero-order chi connectivity index (χ0) is 11.9. The quantitative estimate of drug-likeness (QED) is 0.794. The normalized spacial score (nSPS) is 25.2. The Bertz CT molecular complexity index is 464. The molecule has 91 valence electrons. The van der Waals surface area contributed by atoms with Gasteiger partial charge in [0.15, 0.2) is 0 Å². The van der Waals surface area contributed by atoms with Crippen molar-refractivity contribution in [1.29, 1.82) is 0 Å². The molecule has 4 heteroatoms. The molecule has 0 unspecified atom stereocenters. The molecule has 0 atom stereocenters. The summed E-state index contributed by atoms with van der Waals surface area (Å²) in [5.74, 6) is 0.401. The molecule has 17 heavy (non-hydrogen) atoms. The summed E-state index contributed by atoms with van der Waals surface area (Å²) in [4.78, 5) is 0.556. The minimum Gasteiger partial charge on any atom is -0.276 e. The van der Waals surface area contributed by atoms with E-state index in [9.17, 15) is 9.11 Å². The van der Waals surface area contributed by atoms with Crippen molar-refractivity contribution in [3.05, 3.63) is 29.8 Å². The Morgan fingerprint density at radius 2 is 2.00 bits per heavy atom. The lowest BCUT2D eigenvalue weighted by atomic mass is 9.83. The standard InChI is InChI=1S/C13H16NO2S/c15-17(16)12-9-5-4-8-11(12)13(14-17)10-6-2-1-3-7-10/h4,8-10,15-16H,1-3,6-7H2. The molecule has 2 aliphatic rings. The van der Waals surface area contributed by atoms with Crippen LogP contribution in [0.3, 0.4) is 0 Å². The fourth-order valence-electron chi connectivity index (χ4n) is 2.76. The third-order valence-corrected chi connectivity index (χ3v) is 4.99. The van der Waals surface area contributed by atoms with E-state index in [4.69, 9.17) is 0 Å². The van der Waals surface area contributed by atoms with Gasteiger partial charge in [-0.15, -0.1) is 0 Å². The molecule has 1 saturated carbocycles. The number of fused-ring (bicyclic) bond motifs is 1. The van der Waals surface area contributed by atoms with Crippen LogP contribution in [-0.4, -0.2) is 14.8 Å². The summed E-state index contributed by atoms with van der Waals surface area (Å²) < 4.78 is 24.2. The van der Waals surface area contributed by atoms with Crippen LogP contribution in [0.4, 0.5) is 0 Å². The monoisotopic (exact) mass is 250 g/mol. The third-order valence-electron chi connectivity index (χ3n) is 3.61. The summed E-state index contributed by atoms with van der Waals surface area (Å²) >= 11 is 0. The fourth-order valence-corrected chi connectivity index (χ4v) is 4.07. The van der Waals surface area contributed by atoms with Gasteiger partial charge in [0, 0.05) is 11.5 Å². The predicted molar refractivity (Wildman–Crippen MR) is 69.5 cm³/mol. The molecule has 3 rings (SSSR count). The minimum atomic E-state index is -2.95. The maximum atomic E-state index is 9.98. The van der Waals surface area contributed by atoms with Crippen LogP contribution >= 0.6 is 10.8 Å². The Balaban J connectivity index is 2.01. The van der Waals surface area contributed by atoms with E-state index in [1.165, 1.54) is 19.3 Å². The van der Waals surface area contributed by atoms with Crippen LogP contribution in [0.25, 0.3) is 0 Å². The van der Waals surface area contributed by atoms with Crippen LogP contribution < -0.4 is 0 Å². The summed E-state index contributed by atoms with van der Waals surface area (Å²) in [6, 6.07) is 8.28. The predicted octanol–water partition coefficient (Wildman–Crippen LogP) is 3.89. The van der Waals surface area contributed by atoms with E-state index >= 15 is 0 Å². The molecule has 1 heterocycles. The molecule has 1 radical (unpaired) electrons. The SMILES string of the molecule is OS1(O)N=C(C2CCCCC2)c2cc[c]cc21. The first-order valence-corrected chi connectivity index (χ1v) is 7.57. The third kappa shape index (κ3) is 1.90. The van der Waals surface area contributed by atoms with Gasteiger partial charge in [-0.05, 0) is 25.0 Å². The second kappa shape index (κ2) is 4.12. The smallest absolute Gasteiger partial charge is 0.0920 e. The molecule has 1 fully saturated rings. The molecule has 1 aliphatic carbocycles. The van der Waals surface area contributed by atoms with Gasteiger partial charge < -0.3 is 0 Å². The second-order valence-electron chi connectivity index (χ2n) is 4.75. The van der Waals surface area contributed by atoms with E-state index < -0.39 is 10.8 Å². The second-order valence-corrected chi connectivity index (χ2v) is 6.41. The molecule has 1 aromatic rings. The Morgan fingerprint density at radius 3 is 2.76 bits per heavy atom. The summed E-state index contributed by atoms with van der Waals surface area (Å²) in [5, 5.41) is 0. The first-order chi connectivity index (χ1) is 8.18. The van der Waals surface area contributed by atoms with Crippen LogP contribution in [0.15, 0.2) is 27.5 Å². The van der Waals surface area contributed by atoms with Gasteiger partial charge in [-0.2, -0.15) is 4.40 Å². The lowest BCUT2D eigenvalue weighted by Gasteiger charge is -2.23. The van der Waals surface area contributed by atoms with E-state index in [-0.39, 0.29) is 0 Å². The molecule has 0 bridgehead atoms. The molecule has 0 spiro atoms. The Hall–Kier alpha value is -0.840. The first kappa shape index (κ1) is 11.3. The van der Waals surface area contributed by atoms with Gasteiger partial charge in [0.1, 0.15) is 0 Å². The van der Waals surface area contributed by atoms with Crippen molar-refractivity contribution in [3.63, 3.8) is 0 Å². The molecule has 0 aromatic heterocycles. The van der Waals surface area contributed by atoms with Gasteiger partial charge in [0.05, 0.1) is 10.6 Å². The average molecular weight is 250 g/mol. The highest BCUT2D eigenvalue weighted by atomic mass is 32.3. The van der Waals surface area contributed by atoms with Gasteiger partial charge in [-0.1, -0.05) is 42.2 Å². The van der Waals surface area contributed by atoms with Crippen molar-refractivity contribution in [2.24, 2.45) is 10.3 Å². The van der Waals surface area contributed by atoms with E-state index in [2.05, 4.69) is 10.5 Å². The minimum absolute atomic E-state index is 0.401. The molecular formula is C13H16NO2S. The molecule has 1 aliphatic heterocycles.